The number of nitrogens with zero attached hydrogens (tertiary/aromatic N) is 1. The van der Waals surface area contributed by atoms with E-state index in [2.05, 4.69) is 36.0 Å². The van der Waals surface area contributed by atoms with E-state index in [4.69, 9.17) is 5.11 Å². The van der Waals surface area contributed by atoms with Crippen molar-refractivity contribution in [3.05, 3.63) is 30.1 Å². The van der Waals surface area contributed by atoms with E-state index >= 15 is 0 Å². The number of pyridine rings is 1. The molecule has 0 aliphatic rings. The lowest BCUT2D eigenvalue weighted by Gasteiger charge is -2.01. The topological polar surface area (TPSA) is 41.2 Å². The number of hydrogen-bond acceptors (Lipinski definition) is 1. The van der Waals surface area contributed by atoms with Gasteiger partial charge in [0.2, 0.25) is 0 Å². The molecular formula is C17H28NO2+. The van der Waals surface area contributed by atoms with Crippen molar-refractivity contribution in [2.24, 2.45) is 0 Å². The first-order chi connectivity index (χ1) is 9.68. The zero-order chi connectivity index (χ0) is 14.6. The van der Waals surface area contributed by atoms with E-state index < -0.39 is 5.97 Å². The molecule has 3 heteroatoms. The highest BCUT2D eigenvalue weighted by molar-refractivity contribution is 5.66. The van der Waals surface area contributed by atoms with Crippen LogP contribution in [0, 0.1) is 6.92 Å². The van der Waals surface area contributed by atoms with Crippen molar-refractivity contribution in [2.45, 2.75) is 71.3 Å². The molecule has 0 aliphatic carbocycles. The molecule has 0 aromatic carbocycles. The molecule has 0 saturated carbocycles. The van der Waals surface area contributed by atoms with Crippen molar-refractivity contribution in [2.75, 3.05) is 0 Å². The lowest BCUT2D eigenvalue weighted by molar-refractivity contribution is -0.697. The van der Waals surface area contributed by atoms with E-state index in [0.29, 0.717) is 6.42 Å². The zero-order valence-corrected chi connectivity index (χ0v) is 12.7. The van der Waals surface area contributed by atoms with Crippen LogP contribution in [0.1, 0.15) is 63.4 Å². The molecule has 0 atom stereocenters. The van der Waals surface area contributed by atoms with Gasteiger partial charge in [-0.3, -0.25) is 4.79 Å². The third kappa shape index (κ3) is 8.68. The third-order valence-corrected chi connectivity index (χ3v) is 3.61. The van der Waals surface area contributed by atoms with Crippen molar-refractivity contribution in [1.29, 1.82) is 0 Å². The first kappa shape index (κ1) is 16.7. The average molecular weight is 278 g/mol. The van der Waals surface area contributed by atoms with Gasteiger partial charge in [0.25, 0.3) is 0 Å². The van der Waals surface area contributed by atoms with Crippen molar-refractivity contribution < 1.29 is 14.5 Å². The van der Waals surface area contributed by atoms with Gasteiger partial charge < -0.3 is 5.11 Å². The Morgan fingerprint density at radius 1 is 0.950 bits per heavy atom. The van der Waals surface area contributed by atoms with Gasteiger partial charge in [0.1, 0.15) is 6.54 Å². The summed E-state index contributed by atoms with van der Waals surface area (Å²) in [6.07, 6.45) is 14.1. The molecule has 0 amide bonds. The first-order valence-corrected chi connectivity index (χ1v) is 7.86. The van der Waals surface area contributed by atoms with E-state index in [1.807, 2.05) is 0 Å². The van der Waals surface area contributed by atoms with Crippen LogP contribution in [-0.4, -0.2) is 11.1 Å². The maximum atomic E-state index is 10.3. The van der Waals surface area contributed by atoms with Crippen LogP contribution in [0.2, 0.25) is 0 Å². The number of unbranched alkanes of at least 4 members (excludes halogenated alkanes) is 7. The maximum Gasteiger partial charge on any atom is 0.303 e. The van der Waals surface area contributed by atoms with Crippen molar-refractivity contribution >= 4 is 5.97 Å². The monoisotopic (exact) mass is 278 g/mol. The highest BCUT2D eigenvalue weighted by atomic mass is 16.4. The summed E-state index contributed by atoms with van der Waals surface area (Å²) < 4.78 is 2.25. The fraction of sp³-hybridized carbons (Fsp3) is 0.647. The first-order valence-electron chi connectivity index (χ1n) is 7.86. The summed E-state index contributed by atoms with van der Waals surface area (Å²) >= 11 is 0. The number of hydrogen-bond donors (Lipinski definition) is 1. The van der Waals surface area contributed by atoms with Crippen molar-refractivity contribution in [3.8, 4) is 0 Å². The van der Waals surface area contributed by atoms with Crippen LogP contribution in [-0.2, 0) is 11.3 Å². The quantitative estimate of drug-likeness (QED) is 0.493. The van der Waals surface area contributed by atoms with E-state index in [9.17, 15) is 4.79 Å². The summed E-state index contributed by atoms with van der Waals surface area (Å²) in [4.78, 5) is 10.3. The van der Waals surface area contributed by atoms with Gasteiger partial charge in [0, 0.05) is 25.0 Å². The van der Waals surface area contributed by atoms with Crippen molar-refractivity contribution in [1.82, 2.24) is 0 Å². The van der Waals surface area contributed by atoms with Crippen LogP contribution >= 0.6 is 0 Å². The highest BCUT2D eigenvalue weighted by Gasteiger charge is 1.99. The minimum Gasteiger partial charge on any atom is -0.481 e. The minimum absolute atomic E-state index is 0.327. The molecule has 1 N–H and O–H groups in total. The molecule has 1 rings (SSSR count). The molecule has 1 aromatic heterocycles. The molecule has 0 radical (unpaired) electrons. The van der Waals surface area contributed by atoms with E-state index in [1.54, 1.807) is 0 Å². The Bertz CT molecular complexity index is 373. The molecule has 0 spiro atoms. The van der Waals surface area contributed by atoms with E-state index in [-0.39, 0.29) is 0 Å². The van der Waals surface area contributed by atoms with E-state index in [0.717, 1.165) is 19.4 Å². The van der Waals surface area contributed by atoms with Gasteiger partial charge in [-0.2, -0.15) is 0 Å². The van der Waals surface area contributed by atoms with Crippen LogP contribution < -0.4 is 4.57 Å². The Morgan fingerprint density at radius 3 is 2.00 bits per heavy atom. The Labute approximate surface area is 122 Å². The Balaban J connectivity index is 1.87. The van der Waals surface area contributed by atoms with Crippen LogP contribution in [0.25, 0.3) is 0 Å². The molecule has 1 heterocycles. The molecule has 0 bridgehead atoms. The Hall–Kier alpha value is -1.38. The standard InChI is InChI=1S/C17H27NO2/c1-16-11-14-18(15-12-16)13-9-7-5-3-2-4-6-8-10-17(19)20/h11-12,14-15H,2-10,13H2,1H3/p+1. The molecule has 112 valence electrons. The highest BCUT2D eigenvalue weighted by Crippen LogP contribution is 2.09. The molecule has 0 fully saturated rings. The van der Waals surface area contributed by atoms with Gasteiger partial charge in [-0.25, -0.2) is 4.57 Å². The van der Waals surface area contributed by atoms with Gasteiger partial charge in [-0.15, -0.1) is 0 Å². The van der Waals surface area contributed by atoms with Crippen LogP contribution in [0.5, 0.6) is 0 Å². The number of carboxylic acids is 1. The van der Waals surface area contributed by atoms with Gasteiger partial charge in [-0.05, 0) is 25.3 Å². The number of rotatable bonds is 11. The fourth-order valence-electron chi connectivity index (χ4n) is 2.31. The summed E-state index contributed by atoms with van der Waals surface area (Å²) in [6, 6.07) is 4.30. The molecule has 3 nitrogen and oxygen atoms in total. The second-order valence-corrected chi connectivity index (χ2v) is 5.59. The Kier molecular flexibility index (Phi) is 8.68. The lowest BCUT2D eigenvalue weighted by atomic mass is 10.1. The maximum absolute atomic E-state index is 10.3. The fourth-order valence-corrected chi connectivity index (χ4v) is 2.31. The number of aryl methyl sites for hydroxylation is 2. The molecule has 0 aliphatic heterocycles. The average Bonchev–Trinajstić information content (AvgIpc) is 2.42. The van der Waals surface area contributed by atoms with Gasteiger partial charge in [0.15, 0.2) is 12.4 Å². The molecule has 0 unspecified atom stereocenters. The predicted octanol–water partition coefficient (Wildman–Crippen LogP) is 3.88. The summed E-state index contributed by atoms with van der Waals surface area (Å²) in [5.74, 6) is -0.668. The summed E-state index contributed by atoms with van der Waals surface area (Å²) in [7, 11) is 0. The molecular weight excluding hydrogens is 250 g/mol. The predicted molar refractivity (Wildman–Crippen MR) is 80.6 cm³/mol. The summed E-state index contributed by atoms with van der Waals surface area (Å²) in [6.45, 7) is 3.22. The number of carbonyl (C=O) groups is 1. The Morgan fingerprint density at radius 2 is 1.45 bits per heavy atom. The zero-order valence-electron chi connectivity index (χ0n) is 12.7. The second kappa shape index (κ2) is 10.4. The van der Waals surface area contributed by atoms with E-state index in [1.165, 1.54) is 44.1 Å². The minimum atomic E-state index is -0.668. The number of aromatic nitrogens is 1. The number of aliphatic carboxylic acids is 1. The molecule has 20 heavy (non-hydrogen) atoms. The molecule has 0 saturated heterocycles. The van der Waals surface area contributed by atoms with Crippen LogP contribution in [0.3, 0.4) is 0 Å². The lowest BCUT2D eigenvalue weighted by Crippen LogP contribution is -2.32. The SMILES string of the molecule is Cc1cc[n+](CCCCCCCCCCC(=O)O)cc1. The van der Waals surface area contributed by atoms with Gasteiger partial charge in [-0.1, -0.05) is 32.1 Å². The van der Waals surface area contributed by atoms with Gasteiger partial charge in [0.05, 0.1) is 0 Å². The largest absolute Gasteiger partial charge is 0.481 e. The van der Waals surface area contributed by atoms with Crippen LogP contribution in [0.4, 0.5) is 0 Å². The summed E-state index contributed by atoms with van der Waals surface area (Å²) in [5, 5.41) is 8.52. The summed E-state index contributed by atoms with van der Waals surface area (Å²) in [5.41, 5.74) is 1.31. The number of carboxylic acid groups (broad SMARTS) is 1. The van der Waals surface area contributed by atoms with Crippen LogP contribution in [0.15, 0.2) is 24.5 Å². The van der Waals surface area contributed by atoms with Crippen molar-refractivity contribution in [3.63, 3.8) is 0 Å². The normalized spacial score (nSPS) is 10.7. The second-order valence-electron chi connectivity index (χ2n) is 5.59. The van der Waals surface area contributed by atoms with Gasteiger partial charge >= 0.3 is 5.97 Å². The smallest absolute Gasteiger partial charge is 0.303 e. The molecule has 1 aromatic rings. The third-order valence-electron chi connectivity index (χ3n) is 3.61.